The van der Waals surface area contributed by atoms with Crippen molar-refractivity contribution >= 4 is 67.3 Å². The molecule has 1 aromatic carbocycles. The van der Waals surface area contributed by atoms with Gasteiger partial charge in [0.05, 0.1) is 16.2 Å². The van der Waals surface area contributed by atoms with Crippen LogP contribution in [-0.4, -0.2) is 33.6 Å². The van der Waals surface area contributed by atoms with Crippen molar-refractivity contribution in [2.24, 2.45) is 0 Å². The highest BCUT2D eigenvalue weighted by Gasteiger charge is 2.43. The van der Waals surface area contributed by atoms with E-state index >= 15 is 0 Å². The summed E-state index contributed by atoms with van der Waals surface area (Å²) >= 11 is 10.3. The van der Waals surface area contributed by atoms with Gasteiger partial charge in [0.1, 0.15) is 4.32 Å². The molecule has 26 heavy (non-hydrogen) atoms. The van der Waals surface area contributed by atoms with Gasteiger partial charge in [-0.1, -0.05) is 59.2 Å². The lowest BCUT2D eigenvalue weighted by molar-refractivity contribution is -0.124. The molecule has 2 aliphatic heterocycles. The van der Waals surface area contributed by atoms with Crippen molar-refractivity contribution in [1.82, 2.24) is 4.90 Å². The molecule has 0 radical (unpaired) electrons. The summed E-state index contributed by atoms with van der Waals surface area (Å²) in [6.45, 7) is 2.51. The Morgan fingerprint density at radius 1 is 1.19 bits per heavy atom. The maximum Gasteiger partial charge on any atom is 0.267 e. The maximum absolute atomic E-state index is 13.2. The maximum atomic E-state index is 13.2. The molecule has 2 fully saturated rings. The SMILES string of the molecule is CCN1C(=O)/C(=C2\SC(=S)N(C3CCCCC3)C2=O)c2cc(Br)ccc21. The van der Waals surface area contributed by atoms with Crippen LogP contribution in [0.2, 0.25) is 0 Å². The van der Waals surface area contributed by atoms with Crippen molar-refractivity contribution in [3.05, 3.63) is 33.1 Å². The third kappa shape index (κ3) is 2.84. The van der Waals surface area contributed by atoms with Gasteiger partial charge in [0.2, 0.25) is 0 Å². The zero-order valence-electron chi connectivity index (χ0n) is 14.5. The lowest BCUT2D eigenvalue weighted by atomic mass is 9.94. The van der Waals surface area contributed by atoms with Crippen LogP contribution < -0.4 is 4.90 Å². The fraction of sp³-hybridized carbons (Fsp3) is 0.421. The lowest BCUT2D eigenvalue weighted by Gasteiger charge is -2.29. The van der Waals surface area contributed by atoms with Gasteiger partial charge in [-0.2, -0.15) is 0 Å². The number of hydrogen-bond acceptors (Lipinski definition) is 4. The van der Waals surface area contributed by atoms with Gasteiger partial charge in [-0.15, -0.1) is 0 Å². The molecule has 4 rings (SSSR count). The van der Waals surface area contributed by atoms with E-state index in [-0.39, 0.29) is 17.9 Å². The number of thioether (sulfide) groups is 1. The molecule has 3 aliphatic rings. The number of carbonyl (C=O) groups is 2. The van der Waals surface area contributed by atoms with Gasteiger partial charge in [-0.3, -0.25) is 14.5 Å². The fourth-order valence-corrected chi connectivity index (χ4v) is 5.85. The van der Waals surface area contributed by atoms with Crippen molar-refractivity contribution in [3.8, 4) is 0 Å². The van der Waals surface area contributed by atoms with Gasteiger partial charge in [-0.05, 0) is 38.0 Å². The van der Waals surface area contributed by atoms with Gasteiger partial charge in [0.25, 0.3) is 11.8 Å². The average molecular weight is 451 g/mol. The number of anilines is 1. The number of nitrogens with zero attached hydrogens (tertiary/aromatic N) is 2. The number of fused-ring (bicyclic) bond motifs is 1. The van der Waals surface area contributed by atoms with E-state index in [1.807, 2.05) is 25.1 Å². The monoisotopic (exact) mass is 450 g/mol. The summed E-state index contributed by atoms with van der Waals surface area (Å²) in [5, 5.41) is 0. The minimum atomic E-state index is -0.107. The summed E-state index contributed by atoms with van der Waals surface area (Å²) in [7, 11) is 0. The van der Waals surface area contributed by atoms with Crippen molar-refractivity contribution in [1.29, 1.82) is 0 Å². The first kappa shape index (κ1) is 18.2. The molecular formula is C19H19BrN2O2S2. The van der Waals surface area contributed by atoms with E-state index in [9.17, 15) is 9.59 Å². The second-order valence-electron chi connectivity index (χ2n) is 6.75. The molecule has 0 bridgehead atoms. The molecule has 2 amide bonds. The lowest BCUT2D eigenvalue weighted by Crippen LogP contribution is -2.40. The topological polar surface area (TPSA) is 40.6 Å². The van der Waals surface area contributed by atoms with Crippen LogP contribution in [0.5, 0.6) is 0 Å². The Morgan fingerprint density at radius 2 is 1.92 bits per heavy atom. The Kier molecular flexibility index (Phi) is 4.96. The highest BCUT2D eigenvalue weighted by molar-refractivity contribution is 9.10. The number of carbonyl (C=O) groups excluding carboxylic acids is 2. The molecule has 0 aromatic heterocycles. The average Bonchev–Trinajstić information content (AvgIpc) is 3.07. The van der Waals surface area contributed by atoms with Crippen LogP contribution in [0.1, 0.15) is 44.6 Å². The van der Waals surface area contributed by atoms with Crippen molar-refractivity contribution in [3.63, 3.8) is 0 Å². The molecule has 1 aromatic rings. The molecule has 136 valence electrons. The van der Waals surface area contributed by atoms with Crippen LogP contribution in [0.15, 0.2) is 27.6 Å². The van der Waals surface area contributed by atoms with Crippen molar-refractivity contribution < 1.29 is 9.59 Å². The fourth-order valence-electron chi connectivity index (χ4n) is 4.02. The highest BCUT2D eigenvalue weighted by Crippen LogP contribution is 2.46. The molecule has 1 saturated carbocycles. The summed E-state index contributed by atoms with van der Waals surface area (Å²) in [5.74, 6) is -0.205. The van der Waals surface area contributed by atoms with Crippen molar-refractivity contribution in [2.45, 2.75) is 45.1 Å². The second-order valence-corrected chi connectivity index (χ2v) is 9.31. The Morgan fingerprint density at radius 3 is 2.62 bits per heavy atom. The minimum absolute atomic E-state index is 0.0980. The summed E-state index contributed by atoms with van der Waals surface area (Å²) in [6.07, 6.45) is 5.47. The first-order chi connectivity index (χ1) is 12.5. The summed E-state index contributed by atoms with van der Waals surface area (Å²) in [4.78, 5) is 30.2. The number of benzene rings is 1. The summed E-state index contributed by atoms with van der Waals surface area (Å²) in [6, 6.07) is 5.95. The predicted octanol–water partition coefficient (Wildman–Crippen LogP) is 4.72. The molecule has 1 saturated heterocycles. The Balaban J connectivity index is 1.79. The summed E-state index contributed by atoms with van der Waals surface area (Å²) in [5.41, 5.74) is 2.17. The molecule has 2 heterocycles. The number of thiocarbonyl (C=S) groups is 1. The predicted molar refractivity (Wildman–Crippen MR) is 113 cm³/mol. The van der Waals surface area contributed by atoms with Gasteiger partial charge >= 0.3 is 0 Å². The molecule has 0 atom stereocenters. The number of hydrogen-bond donors (Lipinski definition) is 0. The van der Waals surface area contributed by atoms with Crippen LogP contribution in [0.25, 0.3) is 5.57 Å². The Labute approximate surface area is 171 Å². The second kappa shape index (κ2) is 7.09. The first-order valence-corrected chi connectivity index (χ1v) is 11.0. The van der Waals surface area contributed by atoms with E-state index in [1.54, 1.807) is 9.80 Å². The molecule has 7 heteroatoms. The minimum Gasteiger partial charge on any atom is -0.308 e. The van der Waals surface area contributed by atoms with Gasteiger partial charge in [0.15, 0.2) is 0 Å². The molecular weight excluding hydrogens is 432 g/mol. The number of rotatable bonds is 2. The van der Waals surface area contributed by atoms with Gasteiger partial charge in [-0.25, -0.2) is 0 Å². The Bertz CT molecular complexity index is 846. The van der Waals surface area contributed by atoms with Crippen LogP contribution in [0.3, 0.4) is 0 Å². The largest absolute Gasteiger partial charge is 0.308 e. The van der Waals surface area contributed by atoms with Crippen LogP contribution >= 0.6 is 39.9 Å². The number of halogens is 1. The van der Waals surface area contributed by atoms with Crippen molar-refractivity contribution in [2.75, 3.05) is 11.4 Å². The van der Waals surface area contributed by atoms with Crippen LogP contribution in [-0.2, 0) is 9.59 Å². The zero-order valence-corrected chi connectivity index (χ0v) is 17.7. The van der Waals surface area contributed by atoms with E-state index in [4.69, 9.17) is 12.2 Å². The standard InChI is InChI=1S/C19H19BrN2O2S2/c1-2-21-14-9-8-11(20)10-13(14)15(17(21)23)16-18(24)22(19(25)26-16)12-6-4-3-5-7-12/h8-10,12H,2-7H2,1H3/b16-15-. The third-order valence-corrected chi connectivity index (χ3v) is 7.15. The first-order valence-electron chi connectivity index (χ1n) is 8.94. The smallest absolute Gasteiger partial charge is 0.267 e. The van der Waals surface area contributed by atoms with Crippen LogP contribution in [0, 0.1) is 0 Å². The van der Waals surface area contributed by atoms with E-state index < -0.39 is 0 Å². The van der Waals surface area contributed by atoms with Crippen LogP contribution in [0.4, 0.5) is 5.69 Å². The highest BCUT2D eigenvalue weighted by atomic mass is 79.9. The zero-order chi connectivity index (χ0) is 18.4. The van der Waals surface area contributed by atoms with Gasteiger partial charge < -0.3 is 4.90 Å². The molecule has 0 N–H and O–H groups in total. The quantitative estimate of drug-likeness (QED) is 0.482. The third-order valence-electron chi connectivity index (χ3n) is 5.26. The normalized spacial score (nSPS) is 24.0. The van der Waals surface area contributed by atoms with E-state index in [0.29, 0.717) is 21.3 Å². The van der Waals surface area contributed by atoms with E-state index in [2.05, 4.69) is 15.9 Å². The Hall–Kier alpha value is -1.18. The summed E-state index contributed by atoms with van der Waals surface area (Å²) < 4.78 is 1.48. The molecule has 0 unspecified atom stereocenters. The van der Waals surface area contributed by atoms with E-state index in [1.165, 1.54) is 18.2 Å². The number of likely N-dealkylation sites (N-methyl/N-ethyl adjacent to an activating group) is 1. The van der Waals surface area contributed by atoms with Gasteiger partial charge in [0, 0.05) is 22.6 Å². The van der Waals surface area contributed by atoms with E-state index in [0.717, 1.165) is 41.4 Å². The number of amides is 2. The molecule has 4 nitrogen and oxygen atoms in total. The molecule has 1 aliphatic carbocycles. The molecule has 0 spiro atoms.